The number of carboxylic acid groups (broad SMARTS) is 1. The van der Waals surface area contributed by atoms with Gasteiger partial charge >= 0.3 is 5.97 Å². The molecule has 7 heteroatoms. The van der Waals surface area contributed by atoms with Gasteiger partial charge in [-0.1, -0.05) is 25.1 Å². The van der Waals surface area contributed by atoms with E-state index in [2.05, 4.69) is 10.4 Å². The Balaban J connectivity index is 2.29. The van der Waals surface area contributed by atoms with Crippen molar-refractivity contribution in [1.82, 2.24) is 15.1 Å². The van der Waals surface area contributed by atoms with Crippen LogP contribution in [0.3, 0.4) is 0 Å². The molecule has 0 bridgehead atoms. The van der Waals surface area contributed by atoms with Crippen LogP contribution in [-0.2, 0) is 4.79 Å². The number of rotatable bonds is 6. The van der Waals surface area contributed by atoms with Gasteiger partial charge in [-0.3, -0.25) is 4.79 Å². The predicted octanol–water partition coefficient (Wildman–Crippen LogP) is 1.47. The van der Waals surface area contributed by atoms with Gasteiger partial charge in [0.25, 0.3) is 5.91 Å². The second kappa shape index (κ2) is 6.75. The summed E-state index contributed by atoms with van der Waals surface area (Å²) >= 11 is 0. The number of carbonyl (C=O) groups is 2. The van der Waals surface area contributed by atoms with Crippen molar-refractivity contribution in [3.63, 3.8) is 0 Å². The number of hydrogen-bond acceptors (Lipinski definition) is 4. The molecule has 22 heavy (non-hydrogen) atoms. The molecule has 1 heterocycles. The number of methoxy groups -OCH3 is 1. The molecule has 1 atom stereocenters. The number of ether oxygens (including phenoxy) is 1. The van der Waals surface area contributed by atoms with E-state index in [0.717, 1.165) is 5.69 Å². The fourth-order valence-electron chi connectivity index (χ4n) is 1.94. The standard InChI is InChI=1S/C15H17N3O4/c1-3-11(15(20)21)16-14(19)13-12(22-2)9-18(17-13)10-7-5-4-6-8-10/h4-9,11H,3H2,1-2H3,(H,16,19)(H,20,21). The van der Waals surface area contributed by atoms with Crippen LogP contribution in [0.2, 0.25) is 0 Å². The number of para-hydroxylation sites is 1. The van der Waals surface area contributed by atoms with Gasteiger partial charge in [-0.2, -0.15) is 5.10 Å². The van der Waals surface area contributed by atoms with E-state index < -0.39 is 17.9 Å². The zero-order valence-corrected chi connectivity index (χ0v) is 12.3. The molecular formula is C15H17N3O4. The Kier molecular flexibility index (Phi) is 4.77. The highest BCUT2D eigenvalue weighted by atomic mass is 16.5. The van der Waals surface area contributed by atoms with Gasteiger partial charge in [0, 0.05) is 0 Å². The maximum absolute atomic E-state index is 12.2. The molecule has 116 valence electrons. The van der Waals surface area contributed by atoms with Crippen molar-refractivity contribution in [2.45, 2.75) is 19.4 Å². The summed E-state index contributed by atoms with van der Waals surface area (Å²) in [5.41, 5.74) is 0.816. The summed E-state index contributed by atoms with van der Waals surface area (Å²) in [6, 6.07) is 8.28. The zero-order valence-electron chi connectivity index (χ0n) is 12.3. The molecule has 1 aromatic carbocycles. The number of carboxylic acids is 1. The maximum Gasteiger partial charge on any atom is 0.326 e. The van der Waals surface area contributed by atoms with E-state index in [1.807, 2.05) is 30.3 Å². The Bertz CT molecular complexity index is 667. The van der Waals surface area contributed by atoms with Crippen LogP contribution in [0.5, 0.6) is 5.75 Å². The molecule has 1 aromatic heterocycles. The predicted molar refractivity (Wildman–Crippen MR) is 79.3 cm³/mol. The van der Waals surface area contributed by atoms with Crippen LogP contribution in [-0.4, -0.2) is 39.9 Å². The zero-order chi connectivity index (χ0) is 16.1. The average molecular weight is 303 g/mol. The van der Waals surface area contributed by atoms with E-state index >= 15 is 0 Å². The van der Waals surface area contributed by atoms with Gasteiger partial charge in [-0.05, 0) is 18.6 Å². The number of nitrogens with one attached hydrogen (secondary N) is 1. The fourth-order valence-corrected chi connectivity index (χ4v) is 1.94. The third-order valence-electron chi connectivity index (χ3n) is 3.15. The highest BCUT2D eigenvalue weighted by molar-refractivity contribution is 5.97. The first-order valence-electron chi connectivity index (χ1n) is 6.79. The van der Waals surface area contributed by atoms with Crippen molar-refractivity contribution < 1.29 is 19.4 Å². The van der Waals surface area contributed by atoms with E-state index in [9.17, 15) is 9.59 Å². The summed E-state index contributed by atoms with van der Waals surface area (Å²) in [6.45, 7) is 1.68. The van der Waals surface area contributed by atoms with Crippen LogP contribution in [0.15, 0.2) is 36.5 Å². The summed E-state index contributed by atoms with van der Waals surface area (Å²) < 4.78 is 6.66. The first kappa shape index (κ1) is 15.6. The summed E-state index contributed by atoms with van der Waals surface area (Å²) in [5.74, 6) is -1.39. The minimum Gasteiger partial charge on any atom is -0.493 e. The summed E-state index contributed by atoms with van der Waals surface area (Å²) in [4.78, 5) is 23.2. The molecule has 0 fully saturated rings. The second-order valence-electron chi connectivity index (χ2n) is 4.60. The molecule has 0 saturated carbocycles. The normalized spacial score (nSPS) is 11.7. The largest absolute Gasteiger partial charge is 0.493 e. The lowest BCUT2D eigenvalue weighted by atomic mass is 10.2. The van der Waals surface area contributed by atoms with Gasteiger partial charge in [-0.15, -0.1) is 0 Å². The quantitative estimate of drug-likeness (QED) is 0.843. The lowest BCUT2D eigenvalue weighted by Crippen LogP contribution is -2.40. The summed E-state index contributed by atoms with van der Waals surface area (Å²) in [5, 5.41) is 15.6. The third-order valence-corrected chi connectivity index (χ3v) is 3.15. The number of nitrogens with zero attached hydrogens (tertiary/aromatic N) is 2. The van der Waals surface area contributed by atoms with Crippen molar-refractivity contribution in [2.24, 2.45) is 0 Å². The van der Waals surface area contributed by atoms with E-state index in [1.54, 1.807) is 13.1 Å². The molecule has 1 amide bonds. The highest BCUT2D eigenvalue weighted by Gasteiger charge is 2.23. The highest BCUT2D eigenvalue weighted by Crippen LogP contribution is 2.19. The number of hydrogen-bond donors (Lipinski definition) is 2. The van der Waals surface area contributed by atoms with Crippen molar-refractivity contribution in [3.8, 4) is 11.4 Å². The van der Waals surface area contributed by atoms with Gasteiger partial charge in [0.1, 0.15) is 6.04 Å². The first-order valence-corrected chi connectivity index (χ1v) is 6.79. The maximum atomic E-state index is 12.2. The number of carbonyl (C=O) groups excluding carboxylic acids is 1. The van der Waals surface area contributed by atoms with Crippen LogP contribution in [0.25, 0.3) is 5.69 Å². The van der Waals surface area contributed by atoms with Gasteiger partial charge in [0.15, 0.2) is 11.4 Å². The van der Waals surface area contributed by atoms with E-state index in [0.29, 0.717) is 0 Å². The van der Waals surface area contributed by atoms with Crippen LogP contribution >= 0.6 is 0 Å². The van der Waals surface area contributed by atoms with Crippen molar-refractivity contribution in [2.75, 3.05) is 7.11 Å². The van der Waals surface area contributed by atoms with Crippen molar-refractivity contribution in [3.05, 3.63) is 42.2 Å². The van der Waals surface area contributed by atoms with Gasteiger partial charge in [0.05, 0.1) is 19.0 Å². The topological polar surface area (TPSA) is 93.5 Å². The minimum absolute atomic E-state index is 0.0473. The molecule has 0 spiro atoms. The SMILES string of the molecule is CCC(NC(=O)c1nn(-c2ccccc2)cc1OC)C(=O)O. The van der Waals surface area contributed by atoms with Crippen molar-refractivity contribution in [1.29, 1.82) is 0 Å². The van der Waals surface area contributed by atoms with Crippen LogP contribution in [0.4, 0.5) is 0 Å². The Morgan fingerprint density at radius 3 is 2.59 bits per heavy atom. The van der Waals surface area contributed by atoms with Crippen LogP contribution < -0.4 is 10.1 Å². The lowest BCUT2D eigenvalue weighted by molar-refractivity contribution is -0.139. The smallest absolute Gasteiger partial charge is 0.326 e. The Labute approximate surface area is 127 Å². The fraction of sp³-hybridized carbons (Fsp3) is 0.267. The molecule has 0 aliphatic heterocycles. The molecule has 0 saturated heterocycles. The first-order chi connectivity index (χ1) is 10.6. The molecule has 2 rings (SSSR count). The number of aromatic nitrogens is 2. The Morgan fingerprint density at radius 2 is 2.05 bits per heavy atom. The van der Waals surface area contributed by atoms with E-state index in [1.165, 1.54) is 11.8 Å². The van der Waals surface area contributed by atoms with E-state index in [4.69, 9.17) is 9.84 Å². The van der Waals surface area contributed by atoms with Gasteiger partial charge < -0.3 is 15.2 Å². The molecule has 0 aliphatic carbocycles. The molecule has 0 aliphatic rings. The molecule has 2 N–H and O–H groups in total. The lowest BCUT2D eigenvalue weighted by Gasteiger charge is -2.11. The molecular weight excluding hydrogens is 286 g/mol. The summed E-state index contributed by atoms with van der Waals surface area (Å²) in [6.07, 6.45) is 1.86. The molecule has 1 unspecified atom stereocenters. The summed E-state index contributed by atoms with van der Waals surface area (Å²) in [7, 11) is 1.43. The molecule has 7 nitrogen and oxygen atoms in total. The van der Waals surface area contributed by atoms with Gasteiger partial charge in [0.2, 0.25) is 0 Å². The number of benzene rings is 1. The Hall–Kier alpha value is -2.83. The Morgan fingerprint density at radius 1 is 1.36 bits per heavy atom. The molecule has 0 radical (unpaired) electrons. The third kappa shape index (κ3) is 3.25. The van der Waals surface area contributed by atoms with Crippen molar-refractivity contribution >= 4 is 11.9 Å². The monoisotopic (exact) mass is 303 g/mol. The second-order valence-corrected chi connectivity index (χ2v) is 4.60. The van der Waals surface area contributed by atoms with Crippen LogP contribution in [0, 0.1) is 0 Å². The van der Waals surface area contributed by atoms with E-state index in [-0.39, 0.29) is 17.9 Å². The number of aliphatic carboxylic acids is 1. The average Bonchev–Trinajstić information content (AvgIpc) is 2.97. The minimum atomic E-state index is -1.09. The van der Waals surface area contributed by atoms with Gasteiger partial charge in [-0.25, -0.2) is 9.48 Å². The number of amides is 1. The molecule has 2 aromatic rings. The van der Waals surface area contributed by atoms with Crippen LogP contribution in [0.1, 0.15) is 23.8 Å².